The Hall–Kier alpha value is -1.51. The number of hydrogen-bond acceptors (Lipinski definition) is 7. The van der Waals surface area contributed by atoms with E-state index in [1.165, 1.54) is 77.0 Å². The number of ether oxygens (including phenoxy) is 2. The zero-order valence-corrected chi connectivity index (χ0v) is 33.1. The van der Waals surface area contributed by atoms with Crippen LogP contribution in [-0.4, -0.2) is 74.9 Å². The van der Waals surface area contributed by atoms with Crippen molar-refractivity contribution in [1.29, 1.82) is 0 Å². The number of esters is 2. The molecule has 0 spiro atoms. The maximum Gasteiger partial charge on any atom is 0.472 e. The molecule has 288 valence electrons. The van der Waals surface area contributed by atoms with Crippen LogP contribution < -0.4 is 0 Å². The molecule has 0 heterocycles. The molecule has 0 aromatic carbocycles. The lowest BCUT2D eigenvalue weighted by molar-refractivity contribution is -0.870. The summed E-state index contributed by atoms with van der Waals surface area (Å²) in [5, 5.41) is 0. The molecule has 0 aliphatic heterocycles. The van der Waals surface area contributed by atoms with Gasteiger partial charge in [0.2, 0.25) is 0 Å². The minimum Gasteiger partial charge on any atom is -0.462 e. The number of nitrogens with zero attached hydrogens (tertiary/aromatic N) is 1. The predicted octanol–water partition coefficient (Wildman–Crippen LogP) is 10.4. The van der Waals surface area contributed by atoms with Crippen molar-refractivity contribution in [3.05, 3.63) is 24.3 Å². The minimum absolute atomic E-state index is 0.0312. The van der Waals surface area contributed by atoms with Crippen molar-refractivity contribution in [1.82, 2.24) is 0 Å². The molecule has 1 N–H and O–H groups in total. The van der Waals surface area contributed by atoms with E-state index in [0.29, 0.717) is 17.4 Å². The first-order valence-corrected chi connectivity index (χ1v) is 21.1. The van der Waals surface area contributed by atoms with Crippen LogP contribution in [0.4, 0.5) is 0 Å². The van der Waals surface area contributed by atoms with Gasteiger partial charge in [0.25, 0.3) is 0 Å². The smallest absolute Gasteiger partial charge is 0.462 e. The van der Waals surface area contributed by atoms with E-state index in [0.717, 1.165) is 51.4 Å². The van der Waals surface area contributed by atoms with Gasteiger partial charge in [-0.1, -0.05) is 128 Å². The lowest BCUT2D eigenvalue weighted by Gasteiger charge is -2.24. The Morgan fingerprint density at radius 3 is 1.65 bits per heavy atom. The summed E-state index contributed by atoms with van der Waals surface area (Å²) in [4.78, 5) is 35.1. The lowest BCUT2D eigenvalue weighted by Crippen LogP contribution is -2.37. The number of hydrogen-bond donors (Lipinski definition) is 1. The van der Waals surface area contributed by atoms with E-state index in [4.69, 9.17) is 18.5 Å². The van der Waals surface area contributed by atoms with E-state index in [1.807, 2.05) is 21.1 Å². The number of likely N-dealkylation sites (N-methyl/N-ethyl adjacent to an activating group) is 1. The third-order valence-electron chi connectivity index (χ3n) is 8.23. The third-order valence-corrected chi connectivity index (χ3v) is 9.22. The van der Waals surface area contributed by atoms with Crippen molar-refractivity contribution < 1.29 is 42.1 Å². The molecular formula is C39H75NO8P+. The zero-order chi connectivity index (χ0) is 36.5. The van der Waals surface area contributed by atoms with Crippen LogP contribution in [0.1, 0.15) is 162 Å². The SMILES string of the molecule is CCCCC/C=C/C/C=C/CCCCCCCCCC(=O)O[C@H](COC(=O)CCCCCCCCCC)COP(=O)(O)OCC[N+](C)(C)C. The predicted molar refractivity (Wildman–Crippen MR) is 201 cm³/mol. The molecule has 0 aromatic rings. The van der Waals surface area contributed by atoms with Crippen LogP contribution in [0.2, 0.25) is 0 Å². The van der Waals surface area contributed by atoms with E-state index in [2.05, 4.69) is 38.2 Å². The fourth-order valence-corrected chi connectivity index (χ4v) is 5.84. The monoisotopic (exact) mass is 717 g/mol. The van der Waals surface area contributed by atoms with Gasteiger partial charge in [0.05, 0.1) is 27.7 Å². The molecule has 0 rings (SSSR count). The van der Waals surface area contributed by atoms with Gasteiger partial charge in [-0.25, -0.2) is 4.57 Å². The number of rotatable bonds is 35. The topological polar surface area (TPSA) is 108 Å². The molecule has 1 unspecified atom stereocenters. The van der Waals surface area contributed by atoms with Gasteiger partial charge in [0.1, 0.15) is 19.8 Å². The van der Waals surface area contributed by atoms with Crippen molar-refractivity contribution in [3.8, 4) is 0 Å². The molecule has 0 aliphatic rings. The number of phosphoric acid groups is 1. The second kappa shape index (κ2) is 32.4. The maximum atomic E-state index is 12.6. The molecule has 0 bridgehead atoms. The Morgan fingerprint density at radius 2 is 1.10 bits per heavy atom. The highest BCUT2D eigenvalue weighted by Gasteiger charge is 2.27. The van der Waals surface area contributed by atoms with E-state index >= 15 is 0 Å². The van der Waals surface area contributed by atoms with Crippen LogP contribution in [0, 0.1) is 0 Å². The summed E-state index contributed by atoms with van der Waals surface area (Å²) < 4.78 is 34.1. The Labute approximate surface area is 300 Å². The first kappa shape index (κ1) is 47.5. The molecule has 0 saturated heterocycles. The molecular weight excluding hydrogens is 641 g/mol. The molecule has 0 aromatic heterocycles. The van der Waals surface area contributed by atoms with Crippen molar-refractivity contribution in [2.24, 2.45) is 0 Å². The average molecular weight is 717 g/mol. The average Bonchev–Trinajstić information content (AvgIpc) is 3.04. The number of unbranched alkanes of at least 4 members (excludes halogenated alkanes) is 17. The molecule has 0 radical (unpaired) electrons. The normalized spacial score (nSPS) is 14.0. The van der Waals surface area contributed by atoms with Gasteiger partial charge in [-0.05, 0) is 44.9 Å². The van der Waals surface area contributed by atoms with E-state index < -0.39 is 26.5 Å². The van der Waals surface area contributed by atoms with Crippen molar-refractivity contribution in [3.63, 3.8) is 0 Å². The quantitative estimate of drug-likeness (QED) is 0.0227. The second-order valence-electron chi connectivity index (χ2n) is 14.3. The second-order valence-corrected chi connectivity index (χ2v) is 15.8. The van der Waals surface area contributed by atoms with Crippen LogP contribution in [0.3, 0.4) is 0 Å². The zero-order valence-electron chi connectivity index (χ0n) is 32.2. The highest BCUT2D eigenvalue weighted by molar-refractivity contribution is 7.47. The van der Waals surface area contributed by atoms with Crippen LogP contribution in [0.5, 0.6) is 0 Å². The van der Waals surface area contributed by atoms with Gasteiger partial charge >= 0.3 is 19.8 Å². The Morgan fingerprint density at radius 1 is 0.633 bits per heavy atom. The fraction of sp³-hybridized carbons (Fsp3) is 0.846. The van der Waals surface area contributed by atoms with E-state index in [-0.39, 0.29) is 32.0 Å². The van der Waals surface area contributed by atoms with Crippen LogP contribution in [0.25, 0.3) is 0 Å². The first-order valence-electron chi connectivity index (χ1n) is 19.6. The van der Waals surface area contributed by atoms with Gasteiger partial charge in [0, 0.05) is 12.8 Å². The molecule has 0 aliphatic carbocycles. The first-order chi connectivity index (χ1) is 23.5. The number of quaternary nitrogens is 1. The summed E-state index contributed by atoms with van der Waals surface area (Å²) >= 11 is 0. The van der Waals surface area contributed by atoms with Crippen LogP contribution >= 0.6 is 7.82 Å². The Balaban J connectivity index is 4.38. The van der Waals surface area contributed by atoms with Crippen molar-refractivity contribution >= 4 is 19.8 Å². The highest BCUT2D eigenvalue weighted by Crippen LogP contribution is 2.43. The summed E-state index contributed by atoms with van der Waals surface area (Å²) in [6.45, 7) is 4.34. The van der Waals surface area contributed by atoms with E-state index in [1.54, 1.807) is 0 Å². The summed E-state index contributed by atoms with van der Waals surface area (Å²) in [7, 11) is 1.47. The molecule has 10 heteroatoms. The van der Waals surface area contributed by atoms with Gasteiger partial charge in [-0.2, -0.15) is 0 Å². The lowest BCUT2D eigenvalue weighted by atomic mass is 10.1. The molecule has 0 fully saturated rings. The van der Waals surface area contributed by atoms with E-state index in [9.17, 15) is 19.0 Å². The summed E-state index contributed by atoms with van der Waals surface area (Å²) in [5.41, 5.74) is 0. The summed E-state index contributed by atoms with van der Waals surface area (Å²) in [5.74, 6) is -0.811. The summed E-state index contributed by atoms with van der Waals surface area (Å²) in [6, 6.07) is 0. The minimum atomic E-state index is -4.36. The standard InChI is InChI=1S/C39H74NO8P/c1-6-8-10-12-14-16-17-18-19-20-21-22-23-24-26-28-30-32-39(42)48-37(36-47-49(43,44)46-34-33-40(3,4)5)35-45-38(41)31-29-27-25-15-13-11-9-7-2/h14,16,18-19,37H,6-13,15,17,20-36H2,1-5H3/p+1/b16-14+,19-18+/t37-/m1/s1. The maximum absolute atomic E-state index is 12.6. The molecule has 9 nitrogen and oxygen atoms in total. The van der Waals surface area contributed by atoms with Crippen LogP contribution in [-0.2, 0) is 32.7 Å². The number of allylic oxidation sites excluding steroid dienone is 4. The van der Waals surface area contributed by atoms with Gasteiger partial charge in [-0.15, -0.1) is 0 Å². The Bertz CT molecular complexity index is 902. The molecule has 2 atom stereocenters. The van der Waals surface area contributed by atoms with Gasteiger partial charge < -0.3 is 18.9 Å². The number of phosphoric ester groups is 1. The summed E-state index contributed by atoms with van der Waals surface area (Å²) in [6.07, 6.45) is 32.3. The molecule has 0 saturated carbocycles. The number of carbonyl (C=O) groups is 2. The Kier molecular flexibility index (Phi) is 31.4. The third kappa shape index (κ3) is 36.1. The van der Waals surface area contributed by atoms with Gasteiger partial charge in [-0.3, -0.25) is 18.6 Å². The van der Waals surface area contributed by atoms with Gasteiger partial charge in [0.15, 0.2) is 6.10 Å². The van der Waals surface area contributed by atoms with Crippen molar-refractivity contribution in [2.45, 2.75) is 168 Å². The van der Waals surface area contributed by atoms with Crippen LogP contribution in [0.15, 0.2) is 24.3 Å². The highest BCUT2D eigenvalue weighted by atomic mass is 31.2. The molecule has 49 heavy (non-hydrogen) atoms. The molecule has 0 amide bonds. The number of carbonyl (C=O) groups excluding carboxylic acids is 2. The van der Waals surface area contributed by atoms with Crippen molar-refractivity contribution in [2.75, 3.05) is 47.5 Å². The fourth-order valence-electron chi connectivity index (χ4n) is 5.10. The largest absolute Gasteiger partial charge is 0.472 e.